The molecule has 0 aromatic heterocycles. The molecule has 1 fully saturated rings. The number of ether oxygens (including phenoxy) is 2. The molecule has 5 nitrogen and oxygen atoms in total. The van der Waals surface area contributed by atoms with Crippen molar-refractivity contribution in [3.63, 3.8) is 0 Å². The summed E-state index contributed by atoms with van der Waals surface area (Å²) in [6.07, 6.45) is 1.51. The van der Waals surface area contributed by atoms with Crippen molar-refractivity contribution in [1.82, 2.24) is 0 Å². The van der Waals surface area contributed by atoms with Gasteiger partial charge in [-0.05, 0) is 38.7 Å². The van der Waals surface area contributed by atoms with E-state index in [1.165, 1.54) is 30.3 Å². The van der Waals surface area contributed by atoms with Gasteiger partial charge in [0.15, 0.2) is 0 Å². The van der Waals surface area contributed by atoms with Crippen LogP contribution in [0.25, 0.3) is 6.08 Å². The van der Waals surface area contributed by atoms with Crippen LogP contribution >= 0.6 is 37.2 Å². The zero-order valence-electron chi connectivity index (χ0n) is 23.4. The van der Waals surface area contributed by atoms with Crippen LogP contribution in [0.5, 0.6) is 0 Å². The monoisotopic (exact) mass is 688 g/mol. The predicted octanol–water partition coefficient (Wildman–Crippen LogP) is 7.74. The molecule has 4 rings (SSSR count). The first-order valence-electron chi connectivity index (χ1n) is 12.8. The van der Waals surface area contributed by atoms with Crippen LogP contribution in [0.15, 0.2) is 90.5 Å². The van der Waals surface area contributed by atoms with E-state index in [1.807, 2.05) is 36.4 Å². The summed E-state index contributed by atoms with van der Waals surface area (Å²) in [5, 5.41) is 2.27. The second-order valence-corrected chi connectivity index (χ2v) is 30.6. The summed E-state index contributed by atoms with van der Waals surface area (Å²) in [5.41, 5.74) is 1.51. The van der Waals surface area contributed by atoms with Gasteiger partial charge in [-0.15, -0.1) is 0 Å². The molecule has 218 valence electrons. The number of halogens is 4. The minimum atomic E-state index is -3.11. The van der Waals surface area contributed by atoms with Crippen molar-refractivity contribution in [2.24, 2.45) is 0 Å². The molecule has 0 spiro atoms. The first-order valence-corrected chi connectivity index (χ1v) is 23.3. The SMILES string of the molecule is CC1(C)OC(=O)C(=Cc2cccc(CO[Si](c3ccccc3)(c3ccccc3)C(C)(C)C)c2)C(=O)O1.[Cl][Ti]([Cl])([Cl])[Cl]. The molecule has 0 aliphatic carbocycles. The third-order valence-corrected chi connectivity index (χ3v) is 11.2. The quantitative estimate of drug-likeness (QED) is 0.115. The number of benzene rings is 3. The fourth-order valence-corrected chi connectivity index (χ4v) is 9.21. The van der Waals surface area contributed by atoms with Crippen LogP contribution in [0.2, 0.25) is 5.04 Å². The number of carbonyl (C=O) groups is 2. The summed E-state index contributed by atoms with van der Waals surface area (Å²) in [6, 6.07) is 28.6. The number of esters is 2. The summed E-state index contributed by atoms with van der Waals surface area (Å²) in [7, 11) is 17.4. The molecule has 0 amide bonds. The van der Waals surface area contributed by atoms with Crippen molar-refractivity contribution in [3.8, 4) is 0 Å². The first kappa shape index (κ1) is 33.9. The third kappa shape index (κ3) is 9.44. The molecule has 0 bridgehead atoms. The van der Waals surface area contributed by atoms with E-state index in [-0.39, 0.29) is 10.6 Å². The average molecular weight is 690 g/mol. The fourth-order valence-electron chi connectivity index (χ4n) is 4.67. The van der Waals surface area contributed by atoms with Gasteiger partial charge in [-0.2, -0.15) is 0 Å². The summed E-state index contributed by atoms with van der Waals surface area (Å²) in [6.45, 7) is 10.2. The van der Waals surface area contributed by atoms with Gasteiger partial charge in [-0.3, -0.25) is 0 Å². The van der Waals surface area contributed by atoms with E-state index >= 15 is 0 Å². The van der Waals surface area contributed by atoms with Crippen LogP contribution in [-0.4, -0.2) is 26.0 Å². The number of rotatable bonds is 6. The van der Waals surface area contributed by atoms with Crippen molar-refractivity contribution in [2.75, 3.05) is 0 Å². The molecule has 3 aromatic carbocycles. The van der Waals surface area contributed by atoms with Crippen molar-refractivity contribution in [1.29, 1.82) is 0 Å². The number of cyclic esters (lactones) is 2. The second kappa shape index (κ2) is 13.8. The summed E-state index contributed by atoms with van der Waals surface area (Å²) >= 11 is -3.11. The Morgan fingerprint density at radius 3 is 1.71 bits per heavy atom. The molecule has 1 aliphatic rings. The van der Waals surface area contributed by atoms with E-state index in [0.29, 0.717) is 12.2 Å². The molecule has 0 radical (unpaired) electrons. The normalized spacial score (nSPS) is 15.3. The molecule has 11 heteroatoms. The molecular weight excluding hydrogens is 658 g/mol. The van der Waals surface area contributed by atoms with Gasteiger partial charge in [0, 0.05) is 13.8 Å². The Morgan fingerprint density at radius 1 is 0.805 bits per heavy atom. The van der Waals surface area contributed by atoms with Crippen LogP contribution in [0.1, 0.15) is 45.7 Å². The van der Waals surface area contributed by atoms with E-state index in [1.54, 1.807) is 0 Å². The van der Waals surface area contributed by atoms with Crippen molar-refractivity contribution >= 4 is 73.9 Å². The van der Waals surface area contributed by atoms with E-state index in [0.717, 1.165) is 5.56 Å². The van der Waals surface area contributed by atoms with Gasteiger partial charge in [0.05, 0.1) is 6.61 Å². The molecule has 1 aliphatic heterocycles. The van der Waals surface area contributed by atoms with E-state index < -0.39 is 38.4 Å². The Kier molecular flexibility index (Phi) is 11.4. The maximum absolute atomic E-state index is 12.4. The van der Waals surface area contributed by atoms with Gasteiger partial charge < -0.3 is 13.9 Å². The van der Waals surface area contributed by atoms with Gasteiger partial charge in [-0.25, -0.2) is 9.59 Å². The van der Waals surface area contributed by atoms with Crippen LogP contribution in [0, 0.1) is 0 Å². The first-order chi connectivity index (χ1) is 19.0. The molecule has 1 saturated heterocycles. The predicted molar refractivity (Wildman–Crippen MR) is 167 cm³/mol. The molecule has 0 N–H and O–H groups in total. The zero-order chi connectivity index (χ0) is 30.5. The van der Waals surface area contributed by atoms with Crippen molar-refractivity contribution in [2.45, 2.75) is 52.1 Å². The van der Waals surface area contributed by atoms with Crippen molar-refractivity contribution < 1.29 is 35.8 Å². The van der Waals surface area contributed by atoms with Crippen molar-refractivity contribution in [3.05, 3.63) is 102 Å². The Bertz CT molecular complexity index is 1320. The minimum absolute atomic E-state index is 0.126. The van der Waals surface area contributed by atoms with Gasteiger partial charge in [0.2, 0.25) is 0 Å². The molecule has 41 heavy (non-hydrogen) atoms. The van der Waals surface area contributed by atoms with Crippen LogP contribution in [-0.2, 0) is 42.4 Å². The van der Waals surface area contributed by atoms with Gasteiger partial charge in [0.25, 0.3) is 14.1 Å². The number of carbonyl (C=O) groups excluding carboxylic acids is 2. The summed E-state index contributed by atoms with van der Waals surface area (Å²) < 4.78 is 17.4. The molecule has 1 heterocycles. The van der Waals surface area contributed by atoms with Gasteiger partial charge in [-0.1, -0.05) is 99.6 Å². The second-order valence-electron chi connectivity index (χ2n) is 10.9. The zero-order valence-corrected chi connectivity index (χ0v) is 29.0. The van der Waals surface area contributed by atoms with Crippen LogP contribution in [0.4, 0.5) is 0 Å². The fraction of sp³-hybridized carbons (Fsp3) is 0.267. The molecule has 3 aromatic rings. The molecular formula is C30H32Cl4O5SiTi. The maximum atomic E-state index is 12.4. The Morgan fingerprint density at radius 2 is 1.27 bits per heavy atom. The third-order valence-electron chi connectivity index (χ3n) is 6.25. The Hall–Kier alpha value is -1.61. The van der Waals surface area contributed by atoms with E-state index in [4.69, 9.17) is 51.1 Å². The van der Waals surface area contributed by atoms with Gasteiger partial charge in [0.1, 0.15) is 5.57 Å². The number of hydrogen-bond acceptors (Lipinski definition) is 5. The van der Waals surface area contributed by atoms with Crippen LogP contribution in [0.3, 0.4) is 0 Å². The molecule has 0 unspecified atom stereocenters. The van der Waals surface area contributed by atoms with Gasteiger partial charge >= 0.3 is 61.5 Å². The van der Waals surface area contributed by atoms with E-state index in [9.17, 15) is 9.59 Å². The topological polar surface area (TPSA) is 61.8 Å². The average Bonchev–Trinajstić information content (AvgIpc) is 2.86. The molecule has 0 saturated carbocycles. The van der Waals surface area contributed by atoms with Crippen LogP contribution < -0.4 is 10.4 Å². The van der Waals surface area contributed by atoms with E-state index in [2.05, 4.69) is 69.3 Å². The summed E-state index contributed by atoms with van der Waals surface area (Å²) in [4.78, 5) is 24.8. The Balaban J connectivity index is 0.000000850. The standard InChI is InChI=1S/C30H32O5Si.4ClH.Ti/c1-29(2,3)36(24-15-8-6-9-16-24,25-17-10-7-11-18-25)33-21-23-14-12-13-22(19-23)20-26-27(31)34-30(4,5)35-28(26)32;;;;;/h6-20H,21H2,1-5H3;4*1H;/q;;;;;+4/p-4. The Labute approximate surface area is 261 Å². The molecule has 0 atom stereocenters. The number of hydrogen-bond donors (Lipinski definition) is 0. The summed E-state index contributed by atoms with van der Waals surface area (Å²) in [5.74, 6) is -2.65.